The second-order valence-electron chi connectivity index (χ2n) is 4.14. The Bertz CT molecular complexity index is 220. The monoisotopic (exact) mass is 181 g/mol. The van der Waals surface area contributed by atoms with Crippen LogP contribution in [0.3, 0.4) is 0 Å². The van der Waals surface area contributed by atoms with E-state index in [1.165, 1.54) is 0 Å². The Labute approximate surface area is 80.6 Å². The van der Waals surface area contributed by atoms with Gasteiger partial charge in [-0.2, -0.15) is 0 Å². The predicted octanol–water partition coefficient (Wildman–Crippen LogP) is 2.21. The number of carbonyl (C=O) groups is 1. The molecule has 74 valence electrons. The molecule has 0 bridgehead atoms. The van der Waals surface area contributed by atoms with E-state index in [1.54, 1.807) is 0 Å². The summed E-state index contributed by atoms with van der Waals surface area (Å²) < 4.78 is 0. The van der Waals surface area contributed by atoms with Crippen molar-refractivity contribution in [2.45, 2.75) is 39.7 Å². The van der Waals surface area contributed by atoms with Gasteiger partial charge < -0.3 is 4.90 Å². The third-order valence-electron chi connectivity index (χ3n) is 2.64. The van der Waals surface area contributed by atoms with Crippen molar-refractivity contribution in [3.8, 4) is 0 Å². The number of rotatable bonds is 3. The highest BCUT2D eigenvalue weighted by Gasteiger charge is 2.31. The molecule has 2 heteroatoms. The quantitative estimate of drug-likeness (QED) is 0.665. The molecular formula is C11H19NO. The molecule has 0 aliphatic carbocycles. The molecule has 13 heavy (non-hydrogen) atoms. The van der Waals surface area contributed by atoms with Crippen LogP contribution in [0.25, 0.3) is 0 Å². The number of allylic oxidation sites excluding steroid dienone is 1. The Morgan fingerprint density at radius 2 is 2.15 bits per heavy atom. The molecule has 1 rings (SSSR count). The molecule has 1 aliphatic rings. The third kappa shape index (κ3) is 2.11. The van der Waals surface area contributed by atoms with Crippen molar-refractivity contribution in [1.82, 2.24) is 4.90 Å². The molecule has 1 unspecified atom stereocenters. The van der Waals surface area contributed by atoms with Gasteiger partial charge in [0.15, 0.2) is 5.78 Å². The molecular weight excluding hydrogens is 162 g/mol. The average Bonchev–Trinajstić information content (AvgIpc) is 2.50. The zero-order valence-electron chi connectivity index (χ0n) is 8.84. The number of hydrogen-bond acceptors (Lipinski definition) is 2. The summed E-state index contributed by atoms with van der Waals surface area (Å²) in [4.78, 5) is 13.9. The summed E-state index contributed by atoms with van der Waals surface area (Å²) in [5.74, 6) is 0.505. The molecule has 0 spiro atoms. The highest BCUT2D eigenvalue weighted by molar-refractivity contribution is 5.86. The Kier molecular flexibility index (Phi) is 3.12. The molecule has 0 saturated carbocycles. The fourth-order valence-electron chi connectivity index (χ4n) is 1.90. The Morgan fingerprint density at radius 1 is 1.54 bits per heavy atom. The zero-order chi connectivity index (χ0) is 10.0. The van der Waals surface area contributed by atoms with Gasteiger partial charge >= 0.3 is 0 Å². The minimum atomic E-state index is 0.109. The minimum absolute atomic E-state index is 0.109. The SMILES string of the molecule is C=C(C)N1CCCC1C(=O)C(C)C. The maximum atomic E-state index is 11.8. The molecule has 1 atom stereocenters. The van der Waals surface area contributed by atoms with Crippen LogP contribution in [-0.4, -0.2) is 23.3 Å². The first kappa shape index (κ1) is 10.3. The number of Topliss-reactive ketones (excluding diaryl/α,β-unsaturated/α-hetero) is 1. The van der Waals surface area contributed by atoms with Gasteiger partial charge in [-0.15, -0.1) is 0 Å². The van der Waals surface area contributed by atoms with E-state index >= 15 is 0 Å². The fourth-order valence-corrected chi connectivity index (χ4v) is 1.90. The van der Waals surface area contributed by atoms with Crippen molar-refractivity contribution < 1.29 is 4.79 Å². The van der Waals surface area contributed by atoms with Gasteiger partial charge in [0.25, 0.3) is 0 Å². The lowest BCUT2D eigenvalue weighted by Gasteiger charge is -2.26. The highest BCUT2D eigenvalue weighted by atomic mass is 16.1. The second-order valence-corrected chi connectivity index (χ2v) is 4.14. The summed E-state index contributed by atoms with van der Waals surface area (Å²) in [7, 11) is 0. The third-order valence-corrected chi connectivity index (χ3v) is 2.64. The zero-order valence-corrected chi connectivity index (χ0v) is 8.84. The van der Waals surface area contributed by atoms with Crippen molar-refractivity contribution in [2.24, 2.45) is 5.92 Å². The van der Waals surface area contributed by atoms with Gasteiger partial charge in [0, 0.05) is 18.2 Å². The minimum Gasteiger partial charge on any atom is -0.366 e. The van der Waals surface area contributed by atoms with E-state index in [0.29, 0.717) is 5.78 Å². The van der Waals surface area contributed by atoms with Gasteiger partial charge in [-0.1, -0.05) is 20.4 Å². The van der Waals surface area contributed by atoms with Gasteiger partial charge in [0.05, 0.1) is 6.04 Å². The largest absolute Gasteiger partial charge is 0.366 e. The maximum Gasteiger partial charge on any atom is 0.157 e. The summed E-state index contributed by atoms with van der Waals surface area (Å²) in [6, 6.07) is 0.109. The van der Waals surface area contributed by atoms with Crippen LogP contribution in [-0.2, 0) is 4.79 Å². The van der Waals surface area contributed by atoms with E-state index in [9.17, 15) is 4.79 Å². The molecule has 0 aromatic heterocycles. The lowest BCUT2D eigenvalue weighted by atomic mass is 10.00. The number of nitrogens with zero attached hydrogens (tertiary/aromatic N) is 1. The van der Waals surface area contributed by atoms with Gasteiger partial charge in [-0.25, -0.2) is 0 Å². The van der Waals surface area contributed by atoms with E-state index in [-0.39, 0.29) is 12.0 Å². The van der Waals surface area contributed by atoms with Crippen LogP contribution < -0.4 is 0 Å². The van der Waals surface area contributed by atoms with Crippen LogP contribution in [0.5, 0.6) is 0 Å². The lowest BCUT2D eigenvalue weighted by molar-refractivity contribution is -0.125. The van der Waals surface area contributed by atoms with Crippen molar-refractivity contribution in [1.29, 1.82) is 0 Å². The van der Waals surface area contributed by atoms with Crippen LogP contribution >= 0.6 is 0 Å². The predicted molar refractivity (Wildman–Crippen MR) is 54.4 cm³/mol. The Hall–Kier alpha value is -0.790. The summed E-state index contributed by atoms with van der Waals surface area (Å²) in [6.07, 6.45) is 2.12. The first-order valence-corrected chi connectivity index (χ1v) is 5.00. The van der Waals surface area contributed by atoms with E-state index < -0.39 is 0 Å². The van der Waals surface area contributed by atoms with Crippen LogP contribution in [0.15, 0.2) is 12.3 Å². The van der Waals surface area contributed by atoms with Crippen molar-refractivity contribution >= 4 is 5.78 Å². The van der Waals surface area contributed by atoms with E-state index in [0.717, 1.165) is 25.1 Å². The molecule has 0 radical (unpaired) electrons. The van der Waals surface area contributed by atoms with E-state index in [2.05, 4.69) is 11.5 Å². The van der Waals surface area contributed by atoms with Crippen LogP contribution in [0, 0.1) is 5.92 Å². The topological polar surface area (TPSA) is 20.3 Å². The van der Waals surface area contributed by atoms with Gasteiger partial charge in [-0.05, 0) is 19.8 Å². The molecule has 0 aromatic carbocycles. The summed E-state index contributed by atoms with van der Waals surface area (Å²) in [5.41, 5.74) is 1.02. The Balaban J connectivity index is 2.68. The number of carbonyl (C=O) groups excluding carboxylic acids is 1. The standard InChI is InChI=1S/C11H19NO/c1-8(2)11(13)10-6-5-7-12(10)9(3)4/h8,10H,3,5-7H2,1-2,4H3. The average molecular weight is 181 g/mol. The number of hydrogen-bond donors (Lipinski definition) is 0. The molecule has 1 aliphatic heterocycles. The first-order chi connectivity index (χ1) is 6.04. The van der Waals surface area contributed by atoms with E-state index in [1.807, 2.05) is 20.8 Å². The smallest absolute Gasteiger partial charge is 0.157 e. The summed E-state index contributed by atoms with van der Waals surface area (Å²) >= 11 is 0. The highest BCUT2D eigenvalue weighted by Crippen LogP contribution is 2.23. The Morgan fingerprint density at radius 3 is 2.62 bits per heavy atom. The van der Waals surface area contributed by atoms with Crippen LogP contribution in [0.1, 0.15) is 33.6 Å². The van der Waals surface area contributed by atoms with Crippen LogP contribution in [0.2, 0.25) is 0 Å². The fraction of sp³-hybridized carbons (Fsp3) is 0.727. The maximum absolute atomic E-state index is 11.8. The van der Waals surface area contributed by atoms with Gasteiger partial charge in [0.1, 0.15) is 0 Å². The normalized spacial score (nSPS) is 22.5. The summed E-state index contributed by atoms with van der Waals surface area (Å²) in [5, 5.41) is 0. The van der Waals surface area contributed by atoms with Crippen molar-refractivity contribution in [3.05, 3.63) is 12.3 Å². The lowest BCUT2D eigenvalue weighted by Crippen LogP contribution is -2.36. The molecule has 0 amide bonds. The van der Waals surface area contributed by atoms with Gasteiger partial charge in [-0.3, -0.25) is 4.79 Å². The van der Waals surface area contributed by atoms with E-state index in [4.69, 9.17) is 0 Å². The number of likely N-dealkylation sites (tertiary alicyclic amines) is 1. The molecule has 1 saturated heterocycles. The second kappa shape index (κ2) is 3.95. The molecule has 0 N–H and O–H groups in total. The number of ketones is 1. The summed E-state index contributed by atoms with van der Waals surface area (Å²) in [6.45, 7) is 10.8. The van der Waals surface area contributed by atoms with Crippen molar-refractivity contribution in [3.63, 3.8) is 0 Å². The van der Waals surface area contributed by atoms with Crippen LogP contribution in [0.4, 0.5) is 0 Å². The molecule has 2 nitrogen and oxygen atoms in total. The molecule has 1 heterocycles. The van der Waals surface area contributed by atoms with Crippen molar-refractivity contribution in [2.75, 3.05) is 6.54 Å². The van der Waals surface area contributed by atoms with Gasteiger partial charge in [0.2, 0.25) is 0 Å². The molecule has 0 aromatic rings. The first-order valence-electron chi connectivity index (χ1n) is 5.00. The molecule has 1 fully saturated rings.